The number of amides is 1. The normalized spacial score (nSPS) is 14.6. The number of aromatic nitrogens is 2. The molecule has 0 aliphatic carbocycles. The van der Waals surface area contributed by atoms with Gasteiger partial charge in [0.2, 0.25) is 0 Å². The topological polar surface area (TPSA) is 77.6 Å². The van der Waals surface area contributed by atoms with Gasteiger partial charge in [-0.15, -0.1) is 0 Å². The molecule has 0 bridgehead atoms. The average Bonchev–Trinajstić information content (AvgIpc) is 3.59. The fraction of sp³-hybridized carbons (Fsp3) is 0.154. The van der Waals surface area contributed by atoms with Gasteiger partial charge in [0.25, 0.3) is 11.5 Å². The summed E-state index contributed by atoms with van der Waals surface area (Å²) >= 11 is 13.8. The molecule has 246 valence electrons. The van der Waals surface area contributed by atoms with Crippen LogP contribution in [0.3, 0.4) is 0 Å². The van der Waals surface area contributed by atoms with Crippen LogP contribution in [0.25, 0.3) is 17.0 Å². The number of fused-ring (bicyclic) bond motifs is 2. The summed E-state index contributed by atoms with van der Waals surface area (Å²) in [5.41, 5.74) is 7.17. The van der Waals surface area contributed by atoms with Gasteiger partial charge in [0.1, 0.15) is 5.75 Å². The first-order valence-corrected chi connectivity index (χ1v) is 17.3. The van der Waals surface area contributed by atoms with Crippen molar-refractivity contribution in [2.45, 2.75) is 33.4 Å². The predicted molar refractivity (Wildman–Crippen MR) is 199 cm³/mol. The highest BCUT2D eigenvalue weighted by molar-refractivity contribution is 7.07. The number of benzene rings is 4. The number of methoxy groups -OCH3 is 1. The van der Waals surface area contributed by atoms with E-state index in [0.29, 0.717) is 48.6 Å². The number of carbonyl (C=O) groups excluding carboxylic acids is 1. The van der Waals surface area contributed by atoms with Crippen molar-refractivity contribution in [1.82, 2.24) is 9.13 Å². The number of ether oxygens (including phenoxy) is 1. The molecule has 7 nitrogen and oxygen atoms in total. The molecule has 0 fully saturated rings. The third kappa shape index (κ3) is 6.23. The molecule has 0 spiro atoms. The fourth-order valence-corrected chi connectivity index (χ4v) is 7.71. The molecule has 1 atom stereocenters. The number of nitrogens with zero attached hydrogens (tertiary/aromatic N) is 3. The van der Waals surface area contributed by atoms with Crippen LogP contribution in [-0.2, 0) is 11.3 Å². The molecule has 2 aromatic heterocycles. The second-order valence-electron chi connectivity index (χ2n) is 12.1. The smallest absolute Gasteiger partial charge is 0.271 e. The van der Waals surface area contributed by atoms with Crippen LogP contribution in [0.2, 0.25) is 10.0 Å². The zero-order valence-corrected chi connectivity index (χ0v) is 29.6. The standard InChI is InChI=1S/C39H32Cl2N4O3S/c1-22-9-16-32(23(2)17-22)43-37(46)35-24(3)42-39-45(36(35)26-11-13-28(48-4)14-12-26)38(47)34(49-39)19-27-21-44(33-8-6-5-7-29(27)33)20-25-10-15-30(40)31(41)18-25/h5-19,21,36H,20H2,1-4H3,(H,43,46)/b34-19-/t36-/m1/s1. The first-order chi connectivity index (χ1) is 23.6. The Kier molecular flexibility index (Phi) is 8.79. The summed E-state index contributed by atoms with van der Waals surface area (Å²) in [6, 6.07) is 26.3. The first kappa shape index (κ1) is 32.6. The van der Waals surface area contributed by atoms with Crippen molar-refractivity contribution in [1.29, 1.82) is 0 Å². The molecule has 0 radical (unpaired) electrons. The molecule has 1 aliphatic heterocycles. The summed E-state index contributed by atoms with van der Waals surface area (Å²) < 4.78 is 9.69. The van der Waals surface area contributed by atoms with Gasteiger partial charge in [-0.2, -0.15) is 0 Å². The largest absolute Gasteiger partial charge is 0.497 e. The molecule has 0 saturated carbocycles. The summed E-state index contributed by atoms with van der Waals surface area (Å²) in [6.07, 6.45) is 3.96. The van der Waals surface area contributed by atoms with Crippen LogP contribution in [-0.4, -0.2) is 22.2 Å². The van der Waals surface area contributed by atoms with Gasteiger partial charge >= 0.3 is 0 Å². The van der Waals surface area contributed by atoms with Crippen molar-refractivity contribution in [2.24, 2.45) is 4.99 Å². The number of carbonyl (C=O) groups is 1. The van der Waals surface area contributed by atoms with Gasteiger partial charge in [0.05, 0.1) is 39.0 Å². The number of thiazole rings is 1. The van der Waals surface area contributed by atoms with E-state index in [1.807, 2.05) is 106 Å². The summed E-state index contributed by atoms with van der Waals surface area (Å²) in [4.78, 5) is 33.9. The number of hydrogen-bond acceptors (Lipinski definition) is 5. The van der Waals surface area contributed by atoms with E-state index in [-0.39, 0.29) is 11.5 Å². The second kappa shape index (κ2) is 13.2. The number of nitrogens with one attached hydrogen (secondary N) is 1. The Morgan fingerprint density at radius 1 is 0.980 bits per heavy atom. The summed E-state index contributed by atoms with van der Waals surface area (Å²) in [5, 5.41) is 5.10. The number of aryl methyl sites for hydroxylation is 2. The van der Waals surface area contributed by atoms with E-state index in [4.69, 9.17) is 32.9 Å². The zero-order chi connectivity index (χ0) is 34.4. The minimum atomic E-state index is -0.703. The van der Waals surface area contributed by atoms with Gasteiger partial charge in [0, 0.05) is 34.9 Å². The molecule has 10 heteroatoms. The molecule has 0 saturated heterocycles. The van der Waals surface area contributed by atoms with E-state index < -0.39 is 6.04 Å². The summed E-state index contributed by atoms with van der Waals surface area (Å²) in [5.74, 6) is 0.365. The molecule has 0 unspecified atom stereocenters. The number of halogens is 2. The molecular formula is C39H32Cl2N4O3S. The summed E-state index contributed by atoms with van der Waals surface area (Å²) in [6.45, 7) is 6.36. The van der Waals surface area contributed by atoms with E-state index in [9.17, 15) is 9.59 Å². The molecule has 4 aromatic carbocycles. The third-order valence-corrected chi connectivity index (χ3v) is 10.5. The van der Waals surface area contributed by atoms with Gasteiger partial charge < -0.3 is 14.6 Å². The Hall–Kier alpha value is -4.89. The monoisotopic (exact) mass is 706 g/mol. The average molecular weight is 708 g/mol. The van der Waals surface area contributed by atoms with Gasteiger partial charge in [-0.1, -0.05) is 88.6 Å². The van der Waals surface area contributed by atoms with Crippen molar-refractivity contribution >= 4 is 63.1 Å². The first-order valence-electron chi connectivity index (χ1n) is 15.7. The van der Waals surface area contributed by atoms with Gasteiger partial charge in [0.15, 0.2) is 4.80 Å². The maximum Gasteiger partial charge on any atom is 0.271 e. The Bertz CT molecular complexity index is 2490. The van der Waals surface area contributed by atoms with Gasteiger partial charge in [-0.05, 0) is 79.9 Å². The fourth-order valence-electron chi connectivity index (χ4n) is 6.35. The third-order valence-electron chi connectivity index (χ3n) is 8.77. The molecule has 7 rings (SSSR count). The highest BCUT2D eigenvalue weighted by atomic mass is 35.5. The van der Waals surface area contributed by atoms with E-state index in [1.54, 1.807) is 17.7 Å². The summed E-state index contributed by atoms with van der Waals surface area (Å²) in [7, 11) is 1.60. The van der Waals surface area contributed by atoms with Crippen molar-refractivity contribution in [2.75, 3.05) is 12.4 Å². The maximum absolute atomic E-state index is 14.4. The lowest BCUT2D eigenvalue weighted by Crippen LogP contribution is -2.40. The molecule has 49 heavy (non-hydrogen) atoms. The van der Waals surface area contributed by atoms with E-state index in [1.165, 1.54) is 11.3 Å². The molecule has 1 aliphatic rings. The van der Waals surface area contributed by atoms with Crippen molar-refractivity contribution < 1.29 is 9.53 Å². The van der Waals surface area contributed by atoms with E-state index >= 15 is 0 Å². The van der Waals surface area contributed by atoms with Gasteiger partial charge in [-0.3, -0.25) is 14.2 Å². The molecule has 3 heterocycles. The second-order valence-corrected chi connectivity index (χ2v) is 13.9. The molecular weight excluding hydrogens is 675 g/mol. The minimum Gasteiger partial charge on any atom is -0.497 e. The maximum atomic E-state index is 14.4. The van der Waals surface area contributed by atoms with Crippen LogP contribution < -0.4 is 24.9 Å². The zero-order valence-electron chi connectivity index (χ0n) is 27.3. The molecule has 6 aromatic rings. The van der Waals surface area contributed by atoms with Crippen LogP contribution in [0.5, 0.6) is 5.75 Å². The number of rotatable bonds is 7. The Morgan fingerprint density at radius 2 is 1.76 bits per heavy atom. The van der Waals surface area contributed by atoms with Crippen LogP contribution in [0, 0.1) is 13.8 Å². The van der Waals surface area contributed by atoms with Crippen LogP contribution >= 0.6 is 34.5 Å². The van der Waals surface area contributed by atoms with Crippen molar-refractivity contribution in [3.05, 3.63) is 160 Å². The number of anilines is 1. The lowest BCUT2D eigenvalue weighted by atomic mass is 9.95. The number of hydrogen-bond donors (Lipinski definition) is 1. The quantitative estimate of drug-likeness (QED) is 0.184. The Balaban J connectivity index is 1.35. The van der Waals surface area contributed by atoms with E-state index in [0.717, 1.165) is 38.7 Å². The van der Waals surface area contributed by atoms with Crippen LogP contribution in [0.1, 0.15) is 40.8 Å². The Labute approximate surface area is 297 Å². The number of allylic oxidation sites excluding steroid dienone is 1. The minimum absolute atomic E-state index is 0.227. The van der Waals surface area contributed by atoms with E-state index in [2.05, 4.69) is 16.0 Å². The lowest BCUT2D eigenvalue weighted by Gasteiger charge is -2.25. The SMILES string of the molecule is COc1ccc([C@@H]2C(C(=O)Nc3ccc(C)cc3C)=C(C)N=c3s/c(=C\c4cn(Cc5ccc(Cl)c(Cl)c5)c5ccccc45)c(=O)n32)cc1. The van der Waals surface area contributed by atoms with Crippen molar-refractivity contribution in [3.63, 3.8) is 0 Å². The molecule has 1 amide bonds. The predicted octanol–water partition coefficient (Wildman–Crippen LogP) is 7.81. The van der Waals surface area contributed by atoms with Gasteiger partial charge in [-0.25, -0.2) is 4.99 Å². The number of para-hydroxylation sites is 1. The van der Waals surface area contributed by atoms with Crippen LogP contribution in [0.4, 0.5) is 5.69 Å². The molecule has 1 N–H and O–H groups in total. The Morgan fingerprint density at radius 3 is 2.49 bits per heavy atom. The highest BCUT2D eigenvalue weighted by Gasteiger charge is 2.33. The lowest BCUT2D eigenvalue weighted by molar-refractivity contribution is -0.113. The van der Waals surface area contributed by atoms with Crippen molar-refractivity contribution in [3.8, 4) is 5.75 Å². The highest BCUT2D eigenvalue weighted by Crippen LogP contribution is 2.32. The van der Waals surface area contributed by atoms with Crippen LogP contribution in [0.15, 0.2) is 112 Å².